The molecule has 0 bridgehead atoms. The smallest absolute Gasteiger partial charge is 0.311 e. The third kappa shape index (κ3) is 3.79. The lowest BCUT2D eigenvalue weighted by Gasteiger charge is -2.21. The highest BCUT2D eigenvalue weighted by Crippen LogP contribution is 2.38. The molecule has 0 spiro atoms. The second-order valence-electron chi connectivity index (χ2n) is 4.72. The van der Waals surface area contributed by atoms with E-state index < -0.39 is 24.2 Å². The average Bonchev–Trinajstić information content (AvgIpc) is 2.45. The van der Waals surface area contributed by atoms with E-state index in [1.165, 1.54) is 36.4 Å². The number of carboxylic acids is 1. The number of hydrogen-bond acceptors (Lipinski definition) is 1. The lowest BCUT2D eigenvalue weighted by Crippen LogP contribution is -2.22. The number of alkyl halides is 2. The maximum atomic E-state index is 14.3. The van der Waals surface area contributed by atoms with Crippen LogP contribution in [0, 0.1) is 0 Å². The first-order valence-electron chi connectivity index (χ1n) is 6.32. The molecule has 0 aliphatic rings. The van der Waals surface area contributed by atoms with Crippen LogP contribution in [0.25, 0.3) is 0 Å². The molecule has 1 unspecified atom stereocenters. The molecule has 110 valence electrons. The summed E-state index contributed by atoms with van der Waals surface area (Å²) in [6.45, 7) is 0. The number of rotatable bonds is 5. The van der Waals surface area contributed by atoms with Gasteiger partial charge >= 0.3 is 5.97 Å². The number of hydrogen-bond donors (Lipinski definition) is 1. The molecular weight excluding hydrogens is 298 g/mol. The first-order chi connectivity index (χ1) is 9.90. The zero-order chi connectivity index (χ0) is 15.5. The first kappa shape index (κ1) is 15.4. The molecule has 2 nitrogen and oxygen atoms in total. The number of carboxylic acid groups (broad SMARTS) is 1. The molecule has 0 aliphatic heterocycles. The quantitative estimate of drug-likeness (QED) is 0.870. The molecule has 5 heteroatoms. The second-order valence-corrected chi connectivity index (χ2v) is 5.16. The van der Waals surface area contributed by atoms with Crippen molar-refractivity contribution in [2.45, 2.75) is 18.3 Å². The fourth-order valence-corrected chi connectivity index (χ4v) is 2.33. The predicted molar refractivity (Wildman–Crippen MR) is 76.8 cm³/mol. The van der Waals surface area contributed by atoms with Gasteiger partial charge in [-0.25, -0.2) is 8.78 Å². The molecule has 1 N–H and O–H groups in total. The molecule has 1 atom stereocenters. The summed E-state index contributed by atoms with van der Waals surface area (Å²) in [6.07, 6.45) is -0.813. The van der Waals surface area contributed by atoms with Crippen molar-refractivity contribution in [2.75, 3.05) is 0 Å². The Balaban J connectivity index is 2.31. The molecule has 0 radical (unpaired) electrons. The summed E-state index contributed by atoms with van der Waals surface area (Å²) < 4.78 is 28.5. The highest BCUT2D eigenvalue weighted by atomic mass is 35.5. The standard InChI is InChI=1S/C16H13ClF2O2/c17-13-8-4-5-11(9-13)14(15(20)21)10-16(18,19)12-6-2-1-3-7-12/h1-9,14H,10H2,(H,20,21). The number of halogens is 3. The number of carbonyl (C=O) groups is 1. The molecule has 0 saturated heterocycles. The predicted octanol–water partition coefficient (Wildman–Crippen LogP) is 4.69. The lowest BCUT2D eigenvalue weighted by molar-refractivity contribution is -0.141. The first-order valence-corrected chi connectivity index (χ1v) is 6.69. The Bertz CT molecular complexity index is 629. The molecule has 2 aromatic rings. The molecule has 21 heavy (non-hydrogen) atoms. The topological polar surface area (TPSA) is 37.3 Å². The fourth-order valence-electron chi connectivity index (χ4n) is 2.13. The van der Waals surface area contributed by atoms with Gasteiger partial charge in [0.1, 0.15) is 0 Å². The van der Waals surface area contributed by atoms with Crippen LogP contribution in [0.1, 0.15) is 23.5 Å². The zero-order valence-corrected chi connectivity index (χ0v) is 11.7. The minimum absolute atomic E-state index is 0.196. The Morgan fingerprint density at radius 2 is 1.81 bits per heavy atom. The number of aliphatic carboxylic acids is 1. The van der Waals surface area contributed by atoms with E-state index in [4.69, 9.17) is 11.6 Å². The van der Waals surface area contributed by atoms with E-state index in [0.29, 0.717) is 5.02 Å². The van der Waals surface area contributed by atoms with Crippen LogP contribution in [0.4, 0.5) is 8.78 Å². The van der Waals surface area contributed by atoms with Crippen LogP contribution < -0.4 is 0 Å². The lowest BCUT2D eigenvalue weighted by atomic mass is 9.90. The zero-order valence-electron chi connectivity index (χ0n) is 11.0. The Morgan fingerprint density at radius 1 is 1.14 bits per heavy atom. The van der Waals surface area contributed by atoms with Crippen molar-refractivity contribution >= 4 is 17.6 Å². The summed E-state index contributed by atoms with van der Waals surface area (Å²) in [5.41, 5.74) is 0.0730. The van der Waals surface area contributed by atoms with E-state index in [1.807, 2.05) is 0 Å². The minimum atomic E-state index is -3.23. The van der Waals surface area contributed by atoms with Crippen LogP contribution in [-0.2, 0) is 10.7 Å². The maximum Gasteiger partial charge on any atom is 0.311 e. The Labute approximate surface area is 126 Å². The van der Waals surface area contributed by atoms with Gasteiger partial charge in [0.2, 0.25) is 0 Å². The molecule has 0 fully saturated rings. The fraction of sp³-hybridized carbons (Fsp3) is 0.188. The van der Waals surface area contributed by atoms with E-state index >= 15 is 0 Å². The van der Waals surface area contributed by atoms with Gasteiger partial charge in [-0.1, -0.05) is 54.1 Å². The summed E-state index contributed by atoms with van der Waals surface area (Å²) in [7, 11) is 0. The van der Waals surface area contributed by atoms with E-state index in [0.717, 1.165) is 0 Å². The van der Waals surface area contributed by atoms with Crippen molar-refractivity contribution in [3.05, 3.63) is 70.7 Å². The van der Waals surface area contributed by atoms with Gasteiger partial charge in [-0.15, -0.1) is 0 Å². The van der Waals surface area contributed by atoms with Crippen molar-refractivity contribution in [3.63, 3.8) is 0 Å². The highest BCUT2D eigenvalue weighted by Gasteiger charge is 2.38. The van der Waals surface area contributed by atoms with E-state index in [-0.39, 0.29) is 11.1 Å². The largest absolute Gasteiger partial charge is 0.481 e. The van der Waals surface area contributed by atoms with Gasteiger partial charge in [-0.2, -0.15) is 0 Å². The molecule has 0 heterocycles. The Kier molecular flexibility index (Phi) is 4.58. The van der Waals surface area contributed by atoms with Gasteiger partial charge in [0, 0.05) is 17.0 Å². The van der Waals surface area contributed by atoms with Gasteiger partial charge in [0.15, 0.2) is 0 Å². The monoisotopic (exact) mass is 310 g/mol. The van der Waals surface area contributed by atoms with Crippen molar-refractivity contribution in [1.29, 1.82) is 0 Å². The maximum absolute atomic E-state index is 14.3. The van der Waals surface area contributed by atoms with Crippen LogP contribution >= 0.6 is 11.6 Å². The van der Waals surface area contributed by atoms with E-state index in [1.54, 1.807) is 18.2 Å². The van der Waals surface area contributed by atoms with Crippen LogP contribution in [0.15, 0.2) is 54.6 Å². The summed E-state index contributed by atoms with van der Waals surface area (Å²) in [5, 5.41) is 9.57. The van der Waals surface area contributed by atoms with Crippen LogP contribution in [-0.4, -0.2) is 11.1 Å². The molecule has 0 amide bonds. The Morgan fingerprint density at radius 3 is 2.38 bits per heavy atom. The van der Waals surface area contributed by atoms with Gasteiger partial charge in [-0.05, 0) is 17.7 Å². The normalized spacial score (nSPS) is 12.9. The summed E-state index contributed by atoms with van der Waals surface area (Å²) in [6, 6.07) is 13.2. The average molecular weight is 311 g/mol. The van der Waals surface area contributed by atoms with Gasteiger partial charge < -0.3 is 5.11 Å². The van der Waals surface area contributed by atoms with Crippen LogP contribution in [0.2, 0.25) is 5.02 Å². The van der Waals surface area contributed by atoms with Crippen molar-refractivity contribution in [1.82, 2.24) is 0 Å². The van der Waals surface area contributed by atoms with Crippen molar-refractivity contribution in [2.24, 2.45) is 0 Å². The SMILES string of the molecule is O=C(O)C(CC(F)(F)c1ccccc1)c1cccc(Cl)c1. The van der Waals surface area contributed by atoms with Gasteiger partial charge in [-0.3, -0.25) is 4.79 Å². The minimum Gasteiger partial charge on any atom is -0.481 e. The Hall–Kier alpha value is -1.94. The summed E-state index contributed by atoms with van der Waals surface area (Å²) in [4.78, 5) is 11.3. The molecule has 0 aliphatic carbocycles. The van der Waals surface area contributed by atoms with Crippen molar-refractivity contribution in [3.8, 4) is 0 Å². The molecule has 0 aromatic heterocycles. The molecule has 2 rings (SSSR count). The highest BCUT2D eigenvalue weighted by molar-refractivity contribution is 6.30. The van der Waals surface area contributed by atoms with Crippen LogP contribution in [0.5, 0.6) is 0 Å². The second kappa shape index (κ2) is 6.22. The third-order valence-electron chi connectivity index (χ3n) is 3.21. The van der Waals surface area contributed by atoms with Gasteiger partial charge in [0.25, 0.3) is 5.92 Å². The summed E-state index contributed by atoms with van der Waals surface area (Å²) >= 11 is 5.80. The molecule has 0 saturated carbocycles. The molecular formula is C16H13ClF2O2. The molecule has 2 aromatic carbocycles. The van der Waals surface area contributed by atoms with E-state index in [2.05, 4.69) is 0 Å². The van der Waals surface area contributed by atoms with Gasteiger partial charge in [0.05, 0.1) is 5.92 Å². The third-order valence-corrected chi connectivity index (χ3v) is 3.44. The van der Waals surface area contributed by atoms with Crippen molar-refractivity contribution < 1.29 is 18.7 Å². The van der Waals surface area contributed by atoms with Crippen LogP contribution in [0.3, 0.4) is 0 Å². The number of benzene rings is 2. The summed E-state index contributed by atoms with van der Waals surface area (Å²) in [5.74, 6) is -5.85. The van der Waals surface area contributed by atoms with E-state index in [9.17, 15) is 18.7 Å².